The van der Waals surface area contributed by atoms with E-state index in [2.05, 4.69) is 11.1 Å². The van der Waals surface area contributed by atoms with Crippen LogP contribution in [0.4, 0.5) is 0 Å². The van der Waals surface area contributed by atoms with E-state index < -0.39 is 0 Å². The second-order valence-corrected chi connectivity index (χ2v) is 5.39. The Morgan fingerprint density at radius 3 is 2.50 bits per heavy atom. The molecular formula is C19H18N2O. The Morgan fingerprint density at radius 2 is 1.77 bits per heavy atom. The van der Waals surface area contributed by atoms with Gasteiger partial charge in [0, 0.05) is 30.0 Å². The number of nitrogens with zero attached hydrogens (tertiary/aromatic N) is 1. The second kappa shape index (κ2) is 6.50. The highest BCUT2D eigenvalue weighted by molar-refractivity contribution is 5.78. The summed E-state index contributed by atoms with van der Waals surface area (Å²) in [6.07, 6.45) is 1.60. The van der Waals surface area contributed by atoms with Crippen molar-refractivity contribution in [2.75, 3.05) is 0 Å². The van der Waals surface area contributed by atoms with Crippen molar-refractivity contribution in [3.05, 3.63) is 77.5 Å². The third kappa shape index (κ3) is 3.05. The maximum atomic E-state index is 11.5. The molecule has 1 unspecified atom stereocenters. The van der Waals surface area contributed by atoms with Gasteiger partial charge in [0.25, 0.3) is 0 Å². The lowest BCUT2D eigenvalue weighted by Crippen LogP contribution is -2.06. The summed E-state index contributed by atoms with van der Waals surface area (Å²) in [6.45, 7) is 0.512. The normalized spacial score (nSPS) is 12.2. The zero-order valence-corrected chi connectivity index (χ0v) is 12.3. The Morgan fingerprint density at radius 1 is 1.00 bits per heavy atom. The highest BCUT2D eigenvalue weighted by Crippen LogP contribution is 2.20. The molecule has 110 valence electrons. The van der Waals surface area contributed by atoms with Crippen molar-refractivity contribution < 1.29 is 4.79 Å². The summed E-state index contributed by atoms with van der Waals surface area (Å²) in [5.41, 5.74) is 9.56. The van der Waals surface area contributed by atoms with Crippen molar-refractivity contribution in [1.82, 2.24) is 4.98 Å². The van der Waals surface area contributed by atoms with Gasteiger partial charge in [0.15, 0.2) is 0 Å². The van der Waals surface area contributed by atoms with Gasteiger partial charge in [-0.15, -0.1) is 0 Å². The van der Waals surface area contributed by atoms with E-state index in [0.29, 0.717) is 13.0 Å². The number of carbonyl (C=O) groups excluding carboxylic acids is 1. The molecule has 0 spiro atoms. The van der Waals surface area contributed by atoms with Gasteiger partial charge in [-0.05, 0) is 23.3 Å². The Bertz CT molecular complexity index is 781. The number of rotatable bonds is 5. The lowest BCUT2D eigenvalue weighted by molar-refractivity contribution is -0.109. The van der Waals surface area contributed by atoms with E-state index in [1.54, 1.807) is 0 Å². The standard InChI is InChI=1S/C19H18N2O/c20-12-14-5-7-15(8-6-14)17(13-22)11-18-10-9-16-3-1-2-4-19(16)21-18/h1-10,13,17H,11-12,20H2. The summed E-state index contributed by atoms with van der Waals surface area (Å²) in [4.78, 5) is 16.1. The van der Waals surface area contributed by atoms with Crippen LogP contribution in [-0.4, -0.2) is 11.3 Å². The first-order valence-corrected chi connectivity index (χ1v) is 7.39. The minimum Gasteiger partial charge on any atom is -0.326 e. The Balaban J connectivity index is 1.85. The first-order chi connectivity index (χ1) is 10.8. The third-order valence-electron chi connectivity index (χ3n) is 3.89. The van der Waals surface area contributed by atoms with Crippen LogP contribution in [0.3, 0.4) is 0 Å². The predicted molar refractivity (Wildman–Crippen MR) is 88.6 cm³/mol. The topological polar surface area (TPSA) is 56.0 Å². The van der Waals surface area contributed by atoms with E-state index in [4.69, 9.17) is 5.73 Å². The number of para-hydroxylation sites is 1. The summed E-state index contributed by atoms with van der Waals surface area (Å²) in [6, 6.07) is 19.9. The minimum absolute atomic E-state index is 0.180. The van der Waals surface area contributed by atoms with E-state index in [9.17, 15) is 4.79 Å². The van der Waals surface area contributed by atoms with E-state index in [-0.39, 0.29) is 5.92 Å². The molecule has 0 saturated carbocycles. The molecule has 0 amide bonds. The van der Waals surface area contributed by atoms with Gasteiger partial charge in [-0.1, -0.05) is 48.5 Å². The first kappa shape index (κ1) is 14.4. The van der Waals surface area contributed by atoms with Crippen molar-refractivity contribution in [1.29, 1.82) is 0 Å². The predicted octanol–water partition coefficient (Wildman–Crippen LogP) is 3.22. The number of hydrogen-bond donors (Lipinski definition) is 1. The SMILES string of the molecule is NCc1ccc(C(C=O)Cc2ccc3ccccc3n2)cc1. The summed E-state index contributed by atoms with van der Waals surface area (Å²) < 4.78 is 0. The number of aldehydes is 1. The fourth-order valence-corrected chi connectivity index (χ4v) is 2.59. The number of hydrogen-bond acceptors (Lipinski definition) is 3. The molecule has 0 aliphatic carbocycles. The molecule has 0 fully saturated rings. The molecule has 22 heavy (non-hydrogen) atoms. The number of benzene rings is 2. The second-order valence-electron chi connectivity index (χ2n) is 5.39. The molecule has 0 radical (unpaired) electrons. The summed E-state index contributed by atoms with van der Waals surface area (Å²) in [7, 11) is 0. The smallest absolute Gasteiger partial charge is 0.127 e. The number of pyridine rings is 1. The van der Waals surface area contributed by atoms with Crippen LogP contribution in [0, 0.1) is 0 Å². The van der Waals surface area contributed by atoms with Gasteiger partial charge in [0.2, 0.25) is 0 Å². The van der Waals surface area contributed by atoms with E-state index in [0.717, 1.165) is 34.0 Å². The largest absolute Gasteiger partial charge is 0.326 e. The van der Waals surface area contributed by atoms with Crippen molar-refractivity contribution >= 4 is 17.2 Å². The molecule has 1 aromatic heterocycles. The fourth-order valence-electron chi connectivity index (χ4n) is 2.59. The molecule has 3 aromatic rings. The Kier molecular flexibility index (Phi) is 4.26. The summed E-state index contributed by atoms with van der Waals surface area (Å²) in [5.74, 6) is -0.180. The average molecular weight is 290 g/mol. The molecule has 0 bridgehead atoms. The number of carbonyl (C=O) groups is 1. The third-order valence-corrected chi connectivity index (χ3v) is 3.89. The summed E-state index contributed by atoms with van der Waals surface area (Å²) in [5, 5.41) is 1.11. The summed E-state index contributed by atoms with van der Waals surface area (Å²) >= 11 is 0. The maximum Gasteiger partial charge on any atom is 0.127 e. The van der Waals surface area contributed by atoms with E-state index in [1.165, 1.54) is 0 Å². The molecule has 2 aromatic carbocycles. The number of nitrogens with two attached hydrogens (primary N) is 1. The molecule has 0 aliphatic rings. The van der Waals surface area contributed by atoms with Crippen LogP contribution in [0.2, 0.25) is 0 Å². The zero-order valence-electron chi connectivity index (χ0n) is 12.3. The molecule has 3 nitrogen and oxygen atoms in total. The molecule has 0 saturated heterocycles. The van der Waals surface area contributed by atoms with Gasteiger partial charge in [-0.2, -0.15) is 0 Å². The van der Waals surface area contributed by atoms with Crippen molar-refractivity contribution in [3.8, 4) is 0 Å². The maximum absolute atomic E-state index is 11.5. The van der Waals surface area contributed by atoms with Gasteiger partial charge in [-0.25, -0.2) is 0 Å². The van der Waals surface area contributed by atoms with Gasteiger partial charge >= 0.3 is 0 Å². The van der Waals surface area contributed by atoms with Crippen LogP contribution in [0.25, 0.3) is 10.9 Å². The van der Waals surface area contributed by atoms with Gasteiger partial charge < -0.3 is 10.5 Å². The molecule has 1 heterocycles. The van der Waals surface area contributed by atoms with Crippen molar-refractivity contribution in [3.63, 3.8) is 0 Å². The van der Waals surface area contributed by atoms with Crippen LogP contribution in [-0.2, 0) is 17.8 Å². The number of fused-ring (bicyclic) bond motifs is 1. The van der Waals surface area contributed by atoms with Crippen LogP contribution < -0.4 is 5.73 Å². The van der Waals surface area contributed by atoms with Crippen LogP contribution in [0.1, 0.15) is 22.7 Å². The van der Waals surface area contributed by atoms with E-state index >= 15 is 0 Å². The monoisotopic (exact) mass is 290 g/mol. The van der Waals surface area contributed by atoms with E-state index in [1.807, 2.05) is 54.6 Å². The van der Waals surface area contributed by atoms with Gasteiger partial charge in [-0.3, -0.25) is 4.98 Å². The highest BCUT2D eigenvalue weighted by Gasteiger charge is 2.12. The lowest BCUT2D eigenvalue weighted by atomic mass is 9.94. The van der Waals surface area contributed by atoms with Crippen LogP contribution in [0.15, 0.2) is 60.7 Å². The van der Waals surface area contributed by atoms with Crippen LogP contribution >= 0.6 is 0 Å². The van der Waals surface area contributed by atoms with Crippen molar-refractivity contribution in [2.24, 2.45) is 5.73 Å². The number of aromatic nitrogens is 1. The molecule has 0 aliphatic heterocycles. The quantitative estimate of drug-likeness (QED) is 0.734. The molecule has 1 atom stereocenters. The Labute approximate surface area is 129 Å². The highest BCUT2D eigenvalue weighted by atomic mass is 16.1. The molecule has 3 rings (SSSR count). The van der Waals surface area contributed by atoms with Gasteiger partial charge in [0.1, 0.15) is 6.29 Å². The Hall–Kier alpha value is -2.52. The average Bonchev–Trinajstić information content (AvgIpc) is 2.59. The molecule has 2 N–H and O–H groups in total. The minimum atomic E-state index is -0.180. The molecular weight excluding hydrogens is 272 g/mol. The zero-order chi connectivity index (χ0) is 15.4. The molecule has 3 heteroatoms. The van der Waals surface area contributed by atoms with Gasteiger partial charge in [0.05, 0.1) is 5.52 Å². The van der Waals surface area contributed by atoms with Crippen molar-refractivity contribution in [2.45, 2.75) is 18.9 Å². The fraction of sp³-hybridized carbons (Fsp3) is 0.158. The first-order valence-electron chi connectivity index (χ1n) is 7.39. The lowest BCUT2D eigenvalue weighted by Gasteiger charge is -2.11. The van der Waals surface area contributed by atoms with Crippen LogP contribution in [0.5, 0.6) is 0 Å².